The Bertz CT molecular complexity index is 1880. The molecule has 0 aliphatic carbocycles. The number of aryl methyl sites for hydroxylation is 1. The van der Waals surface area contributed by atoms with Crippen LogP contribution in [0.1, 0.15) is 43.4 Å². The van der Waals surface area contributed by atoms with Crippen molar-refractivity contribution >= 4 is 17.5 Å². The Hall–Kier alpha value is -5.39. The number of anilines is 1. The number of phenols is 1. The largest absolute Gasteiger partial charge is 0.508 e. The van der Waals surface area contributed by atoms with Gasteiger partial charge in [0.2, 0.25) is 11.8 Å². The molecule has 1 aliphatic rings. The first-order valence-corrected chi connectivity index (χ1v) is 16.5. The molecule has 6 rings (SSSR count). The predicted octanol–water partition coefficient (Wildman–Crippen LogP) is 4.57. The maximum atomic E-state index is 14.1. The lowest BCUT2D eigenvalue weighted by molar-refractivity contribution is -0.128. The van der Waals surface area contributed by atoms with Gasteiger partial charge in [0, 0.05) is 29.8 Å². The average Bonchev–Trinajstić information content (AvgIpc) is 3.61. The number of carbonyl (C=O) groups is 2. The fourth-order valence-electron chi connectivity index (χ4n) is 6.28. The molecule has 0 radical (unpaired) electrons. The molecule has 0 saturated heterocycles. The lowest BCUT2D eigenvalue weighted by Crippen LogP contribution is -2.51. The number of hydrogen-bond acceptors (Lipinski definition) is 8. The normalized spacial score (nSPS) is 15.4. The molecular weight excluding hydrogens is 618 g/mol. The zero-order chi connectivity index (χ0) is 34.4. The summed E-state index contributed by atoms with van der Waals surface area (Å²) in [7, 11) is 0. The van der Waals surface area contributed by atoms with E-state index in [-0.39, 0.29) is 30.5 Å². The van der Waals surface area contributed by atoms with E-state index in [1.807, 2.05) is 86.6 Å². The molecule has 2 amide bonds. The minimum absolute atomic E-state index is 0.128. The van der Waals surface area contributed by atoms with Crippen LogP contribution in [-0.2, 0) is 29.0 Å². The summed E-state index contributed by atoms with van der Waals surface area (Å²) in [6.45, 7) is 4.44. The SMILES string of the molecule is CC(C)(CC(=O)N[C@@H]1CCc2ccccc2N(Cc2ccc(-c3ccccc3-c3nnn[nH]3)cc2)C1=O)NCC(O)Cc1ccc(O)cc1. The zero-order valence-corrected chi connectivity index (χ0v) is 27.6. The number of carbonyl (C=O) groups excluding carboxylic acids is 2. The number of aromatic hydroxyl groups is 1. The Balaban J connectivity index is 1.11. The first-order valence-electron chi connectivity index (χ1n) is 16.5. The molecule has 49 heavy (non-hydrogen) atoms. The number of hydrogen-bond donors (Lipinski definition) is 5. The highest BCUT2D eigenvalue weighted by Crippen LogP contribution is 2.32. The van der Waals surface area contributed by atoms with Gasteiger partial charge < -0.3 is 25.7 Å². The van der Waals surface area contributed by atoms with E-state index in [1.54, 1.807) is 29.2 Å². The van der Waals surface area contributed by atoms with E-state index in [1.165, 1.54) is 0 Å². The van der Waals surface area contributed by atoms with Crippen molar-refractivity contribution in [1.82, 2.24) is 31.3 Å². The van der Waals surface area contributed by atoms with E-state index < -0.39 is 17.7 Å². The molecule has 5 aromatic rings. The third kappa shape index (κ3) is 8.37. The summed E-state index contributed by atoms with van der Waals surface area (Å²) in [6.07, 6.45) is 1.02. The number of amides is 2. The van der Waals surface area contributed by atoms with Crippen molar-refractivity contribution in [2.45, 2.75) is 63.8 Å². The molecule has 11 heteroatoms. The first kappa shape index (κ1) is 33.5. The molecule has 0 saturated carbocycles. The smallest absolute Gasteiger partial charge is 0.249 e. The number of tetrazole rings is 1. The fourth-order valence-corrected chi connectivity index (χ4v) is 6.28. The van der Waals surface area contributed by atoms with E-state index in [9.17, 15) is 19.8 Å². The van der Waals surface area contributed by atoms with Crippen molar-refractivity contribution in [2.24, 2.45) is 0 Å². The van der Waals surface area contributed by atoms with Crippen LogP contribution in [0.4, 0.5) is 5.69 Å². The van der Waals surface area contributed by atoms with Crippen LogP contribution < -0.4 is 15.5 Å². The Morgan fingerprint density at radius 1 is 0.959 bits per heavy atom. The average molecular weight is 660 g/mol. The number of aliphatic hydroxyl groups excluding tert-OH is 1. The molecule has 5 N–H and O–H groups in total. The third-order valence-electron chi connectivity index (χ3n) is 8.84. The minimum atomic E-state index is -0.683. The van der Waals surface area contributed by atoms with Crippen LogP contribution in [0, 0.1) is 0 Å². The summed E-state index contributed by atoms with van der Waals surface area (Å²) in [4.78, 5) is 29.2. The van der Waals surface area contributed by atoms with Crippen molar-refractivity contribution in [2.75, 3.05) is 11.4 Å². The van der Waals surface area contributed by atoms with Gasteiger partial charge in [-0.05, 0) is 89.6 Å². The van der Waals surface area contributed by atoms with Gasteiger partial charge in [0.15, 0.2) is 5.82 Å². The summed E-state index contributed by atoms with van der Waals surface area (Å²) < 4.78 is 0. The summed E-state index contributed by atoms with van der Waals surface area (Å²) in [5, 5.41) is 40.7. The highest BCUT2D eigenvalue weighted by molar-refractivity contribution is 6.00. The van der Waals surface area contributed by atoms with Crippen LogP contribution in [0.25, 0.3) is 22.5 Å². The summed E-state index contributed by atoms with van der Waals surface area (Å²) in [6, 6.07) is 29.9. The maximum Gasteiger partial charge on any atom is 0.249 e. The Morgan fingerprint density at radius 2 is 1.65 bits per heavy atom. The molecule has 1 unspecified atom stereocenters. The van der Waals surface area contributed by atoms with Gasteiger partial charge in [-0.25, -0.2) is 5.10 Å². The molecule has 0 fully saturated rings. The van der Waals surface area contributed by atoms with E-state index in [2.05, 4.69) is 31.3 Å². The van der Waals surface area contributed by atoms with Crippen molar-refractivity contribution in [3.8, 4) is 28.3 Å². The van der Waals surface area contributed by atoms with Gasteiger partial charge in [0.05, 0.1) is 12.6 Å². The number of rotatable bonds is 12. The van der Waals surface area contributed by atoms with Crippen LogP contribution >= 0.6 is 0 Å². The number of aromatic nitrogens is 4. The van der Waals surface area contributed by atoms with Crippen molar-refractivity contribution < 1.29 is 19.8 Å². The predicted molar refractivity (Wildman–Crippen MR) is 187 cm³/mol. The van der Waals surface area contributed by atoms with Crippen LogP contribution in [0.2, 0.25) is 0 Å². The number of β-amino-alcohol motifs (C(OH)–C–C–N with tert-alkyl or cyclic N) is 1. The van der Waals surface area contributed by atoms with Crippen LogP contribution in [0.15, 0.2) is 97.1 Å². The number of nitrogens with one attached hydrogen (secondary N) is 3. The standard InChI is InChI=1S/C38H41N7O4/c1-38(2,39-23-30(47)21-25-13-18-29(46)19-14-25)22-35(48)40-33-20-17-28-7-3-6-10-34(28)45(37(33)49)24-26-11-15-27(16-12-26)31-8-4-5-9-32(31)36-41-43-44-42-36/h3-16,18-19,30,33,39,46-47H,17,20-24H2,1-2H3,(H,40,48)(H,41,42,43,44)/t30?,33-/m1/s1. The lowest BCUT2D eigenvalue weighted by atomic mass is 9.98. The lowest BCUT2D eigenvalue weighted by Gasteiger charge is -2.29. The van der Waals surface area contributed by atoms with Crippen LogP contribution in [0.5, 0.6) is 5.75 Å². The molecule has 0 spiro atoms. The Labute approximate surface area is 285 Å². The molecule has 4 aromatic carbocycles. The second kappa shape index (κ2) is 14.8. The maximum absolute atomic E-state index is 14.1. The van der Waals surface area contributed by atoms with E-state index >= 15 is 0 Å². The monoisotopic (exact) mass is 659 g/mol. The van der Waals surface area contributed by atoms with E-state index in [0.29, 0.717) is 31.6 Å². The third-order valence-corrected chi connectivity index (χ3v) is 8.84. The van der Waals surface area contributed by atoms with Crippen LogP contribution in [0.3, 0.4) is 0 Å². The number of phenolic OH excluding ortho intramolecular Hbond substituents is 1. The van der Waals surface area contributed by atoms with Gasteiger partial charge >= 0.3 is 0 Å². The van der Waals surface area contributed by atoms with Gasteiger partial charge in [0.1, 0.15) is 11.8 Å². The van der Waals surface area contributed by atoms with Gasteiger partial charge in [-0.1, -0.05) is 78.9 Å². The second-order valence-electron chi connectivity index (χ2n) is 13.2. The van der Waals surface area contributed by atoms with Gasteiger partial charge in [-0.15, -0.1) is 5.10 Å². The fraction of sp³-hybridized carbons (Fsp3) is 0.289. The molecular formula is C38H41N7O4. The first-order chi connectivity index (χ1) is 23.6. The Kier molecular flexibility index (Phi) is 10.1. The zero-order valence-electron chi connectivity index (χ0n) is 27.6. The number of para-hydroxylation sites is 1. The molecule has 252 valence electrons. The summed E-state index contributed by atoms with van der Waals surface area (Å²) in [5.74, 6) is 0.375. The van der Waals surface area contributed by atoms with Crippen molar-refractivity contribution in [3.63, 3.8) is 0 Å². The number of nitrogens with zero attached hydrogens (tertiary/aromatic N) is 4. The van der Waals surface area contributed by atoms with Crippen molar-refractivity contribution in [3.05, 3.63) is 114 Å². The number of aliphatic hydroxyl groups is 1. The molecule has 2 heterocycles. The van der Waals surface area contributed by atoms with Gasteiger partial charge in [-0.2, -0.15) is 0 Å². The number of H-pyrrole nitrogens is 1. The molecule has 0 bridgehead atoms. The number of fused-ring (bicyclic) bond motifs is 1. The summed E-state index contributed by atoms with van der Waals surface area (Å²) in [5.41, 5.74) is 6.00. The van der Waals surface area contributed by atoms with Crippen molar-refractivity contribution in [1.29, 1.82) is 0 Å². The summed E-state index contributed by atoms with van der Waals surface area (Å²) >= 11 is 0. The van der Waals surface area contributed by atoms with Gasteiger partial charge in [-0.3, -0.25) is 9.59 Å². The highest BCUT2D eigenvalue weighted by Gasteiger charge is 2.33. The van der Waals surface area contributed by atoms with Crippen LogP contribution in [-0.4, -0.2) is 66.9 Å². The number of aromatic amines is 1. The molecule has 1 aliphatic heterocycles. The molecule has 1 aromatic heterocycles. The highest BCUT2D eigenvalue weighted by atomic mass is 16.3. The number of benzene rings is 4. The Morgan fingerprint density at radius 3 is 2.39 bits per heavy atom. The van der Waals surface area contributed by atoms with Gasteiger partial charge in [0.25, 0.3) is 0 Å². The quantitative estimate of drug-likeness (QED) is 0.131. The topological polar surface area (TPSA) is 156 Å². The van der Waals surface area contributed by atoms with E-state index in [4.69, 9.17) is 0 Å². The van der Waals surface area contributed by atoms with E-state index in [0.717, 1.165) is 39.1 Å². The second-order valence-corrected chi connectivity index (χ2v) is 13.2. The molecule has 2 atom stereocenters. The minimum Gasteiger partial charge on any atom is -0.508 e. The molecule has 11 nitrogen and oxygen atoms in total.